The summed E-state index contributed by atoms with van der Waals surface area (Å²) in [5.41, 5.74) is 0. The molecule has 1 amide bonds. The largest absolute Gasteiger partial charge is 0.352 e. The molecule has 0 aromatic heterocycles. The molecule has 0 spiro atoms. The number of amides is 1. The van der Waals surface area contributed by atoms with Crippen molar-refractivity contribution in [3.8, 4) is 0 Å². The Balaban J connectivity index is 1.80. The van der Waals surface area contributed by atoms with E-state index in [1.165, 1.54) is 12.8 Å². The van der Waals surface area contributed by atoms with Gasteiger partial charge < -0.3 is 10.6 Å². The molecule has 2 rings (SSSR count). The van der Waals surface area contributed by atoms with E-state index in [0.29, 0.717) is 24.0 Å². The van der Waals surface area contributed by atoms with Gasteiger partial charge in [-0.25, -0.2) is 0 Å². The lowest BCUT2D eigenvalue weighted by atomic mass is 9.84. The van der Waals surface area contributed by atoms with Crippen LogP contribution in [0.4, 0.5) is 0 Å². The number of hydrogen-bond acceptors (Lipinski definition) is 2. The van der Waals surface area contributed by atoms with Gasteiger partial charge in [-0.05, 0) is 39.5 Å². The molecule has 0 radical (unpaired) electrons. The van der Waals surface area contributed by atoms with Gasteiger partial charge in [-0.1, -0.05) is 6.42 Å². The molecule has 2 N–H and O–H groups in total. The molecule has 2 fully saturated rings. The van der Waals surface area contributed by atoms with Crippen LogP contribution in [0, 0.1) is 5.92 Å². The van der Waals surface area contributed by atoms with Crippen LogP contribution in [-0.4, -0.2) is 24.0 Å². The van der Waals surface area contributed by atoms with Gasteiger partial charge in [0.25, 0.3) is 0 Å². The van der Waals surface area contributed by atoms with Gasteiger partial charge >= 0.3 is 0 Å². The zero-order chi connectivity index (χ0) is 10.8. The molecule has 86 valence electrons. The standard InChI is InChI=1S/C12H22N2O/c1-8-6-7-11(9(2)13-8)14-12(15)10-4-3-5-10/h8-11,13H,3-7H2,1-2H3,(H,14,15). The van der Waals surface area contributed by atoms with Gasteiger partial charge in [0.2, 0.25) is 5.91 Å². The minimum absolute atomic E-state index is 0.287. The fourth-order valence-corrected chi connectivity index (χ4v) is 2.50. The van der Waals surface area contributed by atoms with Crippen LogP contribution in [0.3, 0.4) is 0 Å². The molecule has 2 aliphatic rings. The summed E-state index contributed by atoms with van der Waals surface area (Å²) >= 11 is 0. The molecule has 1 saturated carbocycles. The molecule has 0 bridgehead atoms. The summed E-state index contributed by atoms with van der Waals surface area (Å²) in [7, 11) is 0. The van der Waals surface area contributed by atoms with E-state index in [2.05, 4.69) is 24.5 Å². The monoisotopic (exact) mass is 210 g/mol. The quantitative estimate of drug-likeness (QED) is 0.724. The summed E-state index contributed by atoms with van der Waals surface area (Å²) in [5, 5.41) is 6.68. The van der Waals surface area contributed by atoms with E-state index in [0.717, 1.165) is 19.3 Å². The van der Waals surface area contributed by atoms with Crippen molar-refractivity contribution in [3.05, 3.63) is 0 Å². The molecule has 1 aliphatic heterocycles. The Morgan fingerprint density at radius 1 is 1.20 bits per heavy atom. The molecule has 1 aliphatic carbocycles. The highest BCUT2D eigenvalue weighted by Gasteiger charge is 2.30. The Morgan fingerprint density at radius 2 is 1.93 bits per heavy atom. The van der Waals surface area contributed by atoms with Crippen molar-refractivity contribution in [2.45, 2.75) is 64.1 Å². The number of piperidine rings is 1. The molecule has 0 aromatic carbocycles. The van der Waals surface area contributed by atoms with Gasteiger partial charge in [-0.15, -0.1) is 0 Å². The zero-order valence-electron chi connectivity index (χ0n) is 9.75. The molecule has 3 heteroatoms. The molecule has 15 heavy (non-hydrogen) atoms. The molecule has 3 unspecified atom stereocenters. The summed E-state index contributed by atoms with van der Waals surface area (Å²) < 4.78 is 0. The van der Waals surface area contributed by atoms with E-state index in [9.17, 15) is 4.79 Å². The van der Waals surface area contributed by atoms with Crippen molar-refractivity contribution >= 4 is 5.91 Å². The fourth-order valence-electron chi connectivity index (χ4n) is 2.50. The van der Waals surface area contributed by atoms with Gasteiger partial charge in [-0.3, -0.25) is 4.79 Å². The third-order valence-corrected chi connectivity index (χ3v) is 3.87. The van der Waals surface area contributed by atoms with Gasteiger partial charge in [0, 0.05) is 24.0 Å². The Hall–Kier alpha value is -0.570. The first-order valence-electron chi connectivity index (χ1n) is 6.23. The zero-order valence-corrected chi connectivity index (χ0v) is 9.75. The van der Waals surface area contributed by atoms with E-state index >= 15 is 0 Å². The third-order valence-electron chi connectivity index (χ3n) is 3.87. The highest BCUT2D eigenvalue weighted by atomic mass is 16.2. The number of rotatable bonds is 2. The highest BCUT2D eigenvalue weighted by Crippen LogP contribution is 2.26. The summed E-state index contributed by atoms with van der Waals surface area (Å²) in [5.74, 6) is 0.603. The van der Waals surface area contributed by atoms with Crippen LogP contribution >= 0.6 is 0 Å². The fraction of sp³-hybridized carbons (Fsp3) is 0.917. The van der Waals surface area contributed by atoms with E-state index in [1.54, 1.807) is 0 Å². The second-order valence-corrected chi connectivity index (χ2v) is 5.18. The van der Waals surface area contributed by atoms with Crippen molar-refractivity contribution in [1.82, 2.24) is 10.6 Å². The smallest absolute Gasteiger partial charge is 0.223 e. The van der Waals surface area contributed by atoms with Gasteiger partial charge in [0.05, 0.1) is 0 Å². The SMILES string of the molecule is CC1CCC(NC(=O)C2CCC2)C(C)N1. The molecule has 1 heterocycles. The van der Waals surface area contributed by atoms with Crippen LogP contribution in [-0.2, 0) is 4.79 Å². The van der Waals surface area contributed by atoms with Gasteiger partial charge in [0.1, 0.15) is 0 Å². The first-order chi connectivity index (χ1) is 7.16. The predicted octanol–water partition coefficient (Wildman–Crippen LogP) is 1.43. The van der Waals surface area contributed by atoms with E-state index in [4.69, 9.17) is 0 Å². The maximum absolute atomic E-state index is 11.8. The Labute approximate surface area is 92.0 Å². The molecular formula is C12H22N2O. The molecule has 0 aromatic rings. The van der Waals surface area contributed by atoms with Crippen molar-refractivity contribution in [2.24, 2.45) is 5.92 Å². The Bertz CT molecular complexity index is 238. The van der Waals surface area contributed by atoms with Crippen LogP contribution in [0.2, 0.25) is 0 Å². The highest BCUT2D eigenvalue weighted by molar-refractivity contribution is 5.79. The molecule has 3 atom stereocenters. The van der Waals surface area contributed by atoms with Gasteiger partial charge in [0.15, 0.2) is 0 Å². The van der Waals surface area contributed by atoms with Crippen molar-refractivity contribution in [2.75, 3.05) is 0 Å². The van der Waals surface area contributed by atoms with E-state index in [1.807, 2.05) is 0 Å². The van der Waals surface area contributed by atoms with Crippen molar-refractivity contribution in [1.29, 1.82) is 0 Å². The minimum atomic E-state index is 0.287. The van der Waals surface area contributed by atoms with Crippen LogP contribution in [0.25, 0.3) is 0 Å². The maximum atomic E-state index is 11.8. The van der Waals surface area contributed by atoms with Gasteiger partial charge in [-0.2, -0.15) is 0 Å². The first-order valence-corrected chi connectivity index (χ1v) is 6.23. The maximum Gasteiger partial charge on any atom is 0.223 e. The Morgan fingerprint density at radius 3 is 2.47 bits per heavy atom. The van der Waals surface area contributed by atoms with E-state index < -0.39 is 0 Å². The number of carbonyl (C=O) groups excluding carboxylic acids is 1. The first kappa shape index (κ1) is 10.9. The summed E-state index contributed by atoms with van der Waals surface area (Å²) in [6.07, 6.45) is 5.70. The lowest BCUT2D eigenvalue weighted by molar-refractivity contribution is -0.128. The second-order valence-electron chi connectivity index (χ2n) is 5.18. The second kappa shape index (κ2) is 4.52. The van der Waals surface area contributed by atoms with Crippen molar-refractivity contribution < 1.29 is 4.79 Å². The summed E-state index contributed by atoms with van der Waals surface area (Å²) in [6.45, 7) is 4.38. The normalized spacial score (nSPS) is 37.1. The summed E-state index contributed by atoms with van der Waals surface area (Å²) in [6, 6.07) is 1.35. The third kappa shape index (κ3) is 2.51. The topological polar surface area (TPSA) is 41.1 Å². The molecule has 1 saturated heterocycles. The molecular weight excluding hydrogens is 188 g/mol. The van der Waals surface area contributed by atoms with Crippen LogP contribution in [0.5, 0.6) is 0 Å². The number of nitrogens with one attached hydrogen (secondary N) is 2. The van der Waals surface area contributed by atoms with Crippen LogP contribution < -0.4 is 10.6 Å². The minimum Gasteiger partial charge on any atom is -0.352 e. The lowest BCUT2D eigenvalue weighted by Gasteiger charge is -2.36. The lowest BCUT2D eigenvalue weighted by Crippen LogP contribution is -2.56. The predicted molar refractivity (Wildman–Crippen MR) is 60.6 cm³/mol. The average Bonchev–Trinajstić information content (AvgIpc) is 2.07. The van der Waals surface area contributed by atoms with Crippen molar-refractivity contribution in [3.63, 3.8) is 0 Å². The average molecular weight is 210 g/mol. The Kier molecular flexibility index (Phi) is 3.29. The number of carbonyl (C=O) groups is 1. The molecule has 3 nitrogen and oxygen atoms in total. The van der Waals surface area contributed by atoms with E-state index in [-0.39, 0.29) is 5.91 Å². The summed E-state index contributed by atoms with van der Waals surface area (Å²) in [4.78, 5) is 11.8. The van der Waals surface area contributed by atoms with Crippen LogP contribution in [0.1, 0.15) is 46.0 Å². The van der Waals surface area contributed by atoms with Crippen LogP contribution in [0.15, 0.2) is 0 Å². The number of hydrogen-bond donors (Lipinski definition) is 2.